The van der Waals surface area contributed by atoms with Gasteiger partial charge in [-0.1, -0.05) is 30.3 Å². The molecule has 1 fully saturated rings. The van der Waals surface area contributed by atoms with Gasteiger partial charge in [0, 0.05) is 16.8 Å². The van der Waals surface area contributed by atoms with Gasteiger partial charge in [0.2, 0.25) is 0 Å². The minimum atomic E-state index is -0.410. The molecule has 1 saturated heterocycles. The normalized spacial score (nSPS) is 14.3. The van der Waals surface area contributed by atoms with Crippen molar-refractivity contribution in [2.24, 2.45) is 0 Å². The summed E-state index contributed by atoms with van der Waals surface area (Å²) < 4.78 is 13.6. The van der Waals surface area contributed by atoms with E-state index in [1.54, 1.807) is 24.3 Å². The zero-order chi connectivity index (χ0) is 20.9. The molecule has 3 aromatic rings. The number of thioether (sulfide) groups is 2. The summed E-state index contributed by atoms with van der Waals surface area (Å²) in [6.07, 6.45) is 1.22. The Bertz CT molecular complexity index is 1060. The number of hydrogen-bond donors (Lipinski definition) is 1. The monoisotopic (exact) mass is 437 g/mol. The molecule has 0 aliphatic carbocycles. The van der Waals surface area contributed by atoms with Crippen molar-refractivity contribution in [1.29, 1.82) is 0 Å². The Kier molecular flexibility index (Phi) is 6.55. The average Bonchev–Trinajstić information content (AvgIpc) is 2.80. The average molecular weight is 438 g/mol. The number of anilines is 1. The fourth-order valence-electron chi connectivity index (χ4n) is 3.28. The standard InChI is InChI=1S/C24H20FNO2S2/c25-18-11-9-16(10-12-18)22(27)20-7-1-2-8-21(20)23(28)26-19-6-3-5-17(15-19)24-29-13-4-14-30-24/h1-3,5-12,15,24H,4,13-14H2,(H,26,28). The third-order valence-corrected chi connectivity index (χ3v) is 7.78. The quantitative estimate of drug-likeness (QED) is 0.484. The number of ketones is 1. The molecular formula is C24H20FNO2S2. The molecule has 30 heavy (non-hydrogen) atoms. The van der Waals surface area contributed by atoms with Crippen molar-refractivity contribution < 1.29 is 14.0 Å². The van der Waals surface area contributed by atoms with Gasteiger partial charge in [-0.15, -0.1) is 23.5 Å². The van der Waals surface area contributed by atoms with Crippen LogP contribution in [0.15, 0.2) is 72.8 Å². The Hall–Kier alpha value is -2.57. The van der Waals surface area contributed by atoms with Crippen LogP contribution in [0.25, 0.3) is 0 Å². The summed E-state index contributed by atoms with van der Waals surface area (Å²) in [5.74, 6) is 1.22. The van der Waals surface area contributed by atoms with Gasteiger partial charge >= 0.3 is 0 Å². The van der Waals surface area contributed by atoms with E-state index < -0.39 is 5.82 Å². The molecule has 4 rings (SSSR count). The van der Waals surface area contributed by atoms with Crippen molar-refractivity contribution >= 4 is 40.9 Å². The molecule has 0 aromatic heterocycles. The van der Waals surface area contributed by atoms with Crippen LogP contribution >= 0.6 is 23.5 Å². The molecule has 0 bridgehead atoms. The highest BCUT2D eigenvalue weighted by atomic mass is 32.2. The fourth-order valence-corrected chi connectivity index (χ4v) is 6.15. The third-order valence-electron chi connectivity index (χ3n) is 4.77. The van der Waals surface area contributed by atoms with Crippen LogP contribution in [0.2, 0.25) is 0 Å². The second-order valence-corrected chi connectivity index (χ2v) is 9.61. The fraction of sp³-hybridized carbons (Fsp3) is 0.167. The minimum absolute atomic E-state index is 0.288. The minimum Gasteiger partial charge on any atom is -0.322 e. The van der Waals surface area contributed by atoms with E-state index in [9.17, 15) is 14.0 Å². The number of carbonyl (C=O) groups is 2. The molecule has 0 atom stereocenters. The number of hydrogen-bond acceptors (Lipinski definition) is 4. The van der Waals surface area contributed by atoms with Crippen LogP contribution in [0.3, 0.4) is 0 Å². The van der Waals surface area contributed by atoms with Crippen molar-refractivity contribution in [2.75, 3.05) is 16.8 Å². The van der Waals surface area contributed by atoms with Gasteiger partial charge in [-0.2, -0.15) is 0 Å². The van der Waals surface area contributed by atoms with Crippen LogP contribution < -0.4 is 5.32 Å². The van der Waals surface area contributed by atoms with Crippen molar-refractivity contribution in [2.45, 2.75) is 11.0 Å². The molecule has 0 radical (unpaired) electrons. The molecule has 1 aliphatic heterocycles. The molecule has 1 amide bonds. The SMILES string of the molecule is O=C(Nc1cccc(C2SCCCS2)c1)c1ccccc1C(=O)c1ccc(F)cc1. The zero-order valence-corrected chi connectivity index (χ0v) is 17.8. The van der Waals surface area contributed by atoms with Crippen LogP contribution in [-0.4, -0.2) is 23.2 Å². The predicted molar refractivity (Wildman–Crippen MR) is 123 cm³/mol. The summed E-state index contributed by atoms with van der Waals surface area (Å²) >= 11 is 3.85. The lowest BCUT2D eigenvalue weighted by Gasteiger charge is -2.21. The molecule has 152 valence electrons. The summed E-state index contributed by atoms with van der Waals surface area (Å²) in [5, 5.41) is 2.92. The molecule has 0 spiro atoms. The van der Waals surface area contributed by atoms with E-state index in [-0.39, 0.29) is 17.3 Å². The van der Waals surface area contributed by atoms with Gasteiger partial charge in [-0.05, 0) is 66.0 Å². The molecule has 0 saturated carbocycles. The van der Waals surface area contributed by atoms with Crippen LogP contribution in [0.1, 0.15) is 42.8 Å². The maximum Gasteiger partial charge on any atom is 0.256 e. The Balaban J connectivity index is 1.56. The molecule has 0 unspecified atom stereocenters. The molecule has 1 heterocycles. The van der Waals surface area contributed by atoms with Gasteiger partial charge in [0.1, 0.15) is 5.82 Å². The Labute approximate surface area is 183 Å². The number of nitrogens with one attached hydrogen (secondary N) is 1. The van der Waals surface area contributed by atoms with Crippen molar-refractivity contribution in [3.05, 3.63) is 101 Å². The van der Waals surface area contributed by atoms with E-state index in [1.165, 1.54) is 36.2 Å². The number of carbonyl (C=O) groups excluding carboxylic acids is 2. The highest BCUT2D eigenvalue weighted by molar-refractivity contribution is 8.16. The van der Waals surface area contributed by atoms with Gasteiger partial charge in [0.15, 0.2) is 5.78 Å². The first-order chi connectivity index (χ1) is 14.6. The third kappa shape index (κ3) is 4.77. The van der Waals surface area contributed by atoms with Gasteiger partial charge < -0.3 is 5.32 Å². The summed E-state index contributed by atoms with van der Waals surface area (Å²) in [7, 11) is 0. The second kappa shape index (κ2) is 9.49. The molecule has 1 N–H and O–H groups in total. The highest BCUT2D eigenvalue weighted by Crippen LogP contribution is 2.44. The highest BCUT2D eigenvalue weighted by Gasteiger charge is 2.20. The van der Waals surface area contributed by atoms with Gasteiger partial charge in [0.25, 0.3) is 5.91 Å². The topological polar surface area (TPSA) is 46.2 Å². The van der Waals surface area contributed by atoms with Crippen molar-refractivity contribution in [3.63, 3.8) is 0 Å². The summed E-state index contributed by atoms with van der Waals surface area (Å²) in [6, 6.07) is 19.9. The maximum atomic E-state index is 13.2. The molecular weight excluding hydrogens is 417 g/mol. The van der Waals surface area contributed by atoms with Gasteiger partial charge in [-0.25, -0.2) is 4.39 Å². The maximum absolute atomic E-state index is 13.2. The molecule has 6 heteroatoms. The Morgan fingerprint density at radius 1 is 0.867 bits per heavy atom. The molecule has 3 nitrogen and oxygen atoms in total. The first-order valence-corrected chi connectivity index (χ1v) is 11.8. The predicted octanol–water partition coefficient (Wildman–Crippen LogP) is 6.18. The smallest absolute Gasteiger partial charge is 0.256 e. The first kappa shape index (κ1) is 20.7. The number of halogens is 1. The van der Waals surface area contributed by atoms with Crippen LogP contribution in [0, 0.1) is 5.82 Å². The molecule has 1 aliphatic rings. The molecule has 3 aromatic carbocycles. The van der Waals surface area contributed by atoms with Crippen molar-refractivity contribution in [1.82, 2.24) is 0 Å². The Morgan fingerprint density at radius 2 is 1.57 bits per heavy atom. The van der Waals surface area contributed by atoms with Gasteiger partial charge in [-0.3, -0.25) is 9.59 Å². The zero-order valence-electron chi connectivity index (χ0n) is 16.1. The van der Waals surface area contributed by atoms with E-state index in [0.717, 1.165) is 11.5 Å². The summed E-state index contributed by atoms with van der Waals surface area (Å²) in [6.45, 7) is 0. The second-order valence-electron chi connectivity index (χ2n) is 6.89. The number of rotatable bonds is 5. The summed E-state index contributed by atoms with van der Waals surface area (Å²) in [5.41, 5.74) is 2.80. The lowest BCUT2D eigenvalue weighted by molar-refractivity contribution is 0.0996. The van der Waals surface area contributed by atoms with E-state index in [2.05, 4.69) is 11.4 Å². The van der Waals surface area contributed by atoms with Crippen LogP contribution in [-0.2, 0) is 0 Å². The van der Waals surface area contributed by atoms with E-state index in [4.69, 9.17) is 0 Å². The Morgan fingerprint density at radius 3 is 2.30 bits per heavy atom. The lowest BCUT2D eigenvalue weighted by atomic mass is 9.98. The summed E-state index contributed by atoms with van der Waals surface area (Å²) in [4.78, 5) is 25.9. The number of amides is 1. The number of benzene rings is 3. The van der Waals surface area contributed by atoms with Crippen LogP contribution in [0.5, 0.6) is 0 Å². The van der Waals surface area contributed by atoms with E-state index in [0.29, 0.717) is 21.4 Å². The van der Waals surface area contributed by atoms with E-state index in [1.807, 2.05) is 41.7 Å². The van der Waals surface area contributed by atoms with Crippen molar-refractivity contribution in [3.8, 4) is 0 Å². The first-order valence-electron chi connectivity index (χ1n) is 9.65. The van der Waals surface area contributed by atoms with E-state index >= 15 is 0 Å². The van der Waals surface area contributed by atoms with Gasteiger partial charge in [0.05, 0.1) is 10.1 Å². The largest absolute Gasteiger partial charge is 0.322 e. The lowest BCUT2D eigenvalue weighted by Crippen LogP contribution is -2.17. The van der Waals surface area contributed by atoms with Crippen LogP contribution in [0.4, 0.5) is 10.1 Å².